The number of hydrogen-bond acceptors (Lipinski definition) is 4. The Kier molecular flexibility index (Phi) is 6.11. The Bertz CT molecular complexity index is 1510. The van der Waals surface area contributed by atoms with Gasteiger partial charge in [-0.25, -0.2) is 0 Å². The fourth-order valence-electron chi connectivity index (χ4n) is 5.31. The zero-order valence-electron chi connectivity index (χ0n) is 20.1. The van der Waals surface area contributed by atoms with Gasteiger partial charge in [0.25, 0.3) is 0 Å². The molecule has 5 heteroatoms. The average molecular weight is 505 g/mol. The second kappa shape index (κ2) is 9.72. The van der Waals surface area contributed by atoms with Crippen molar-refractivity contribution in [1.29, 1.82) is 0 Å². The fraction of sp³-hybridized carbons (Fsp3) is 0.125. The molecule has 1 aliphatic carbocycles. The molecule has 0 bridgehead atoms. The number of ketones is 2. The summed E-state index contributed by atoms with van der Waals surface area (Å²) in [5, 5.41) is 7.80. The molecular weight excluding hydrogens is 480 g/mol. The number of anilines is 2. The second-order valence-corrected chi connectivity index (χ2v) is 9.98. The first-order chi connectivity index (χ1) is 18.1. The van der Waals surface area contributed by atoms with E-state index in [1.807, 2.05) is 91.0 Å². The number of halogens is 1. The van der Waals surface area contributed by atoms with Crippen molar-refractivity contribution in [3.8, 4) is 0 Å². The lowest BCUT2D eigenvalue weighted by Crippen LogP contribution is -2.26. The molecule has 0 saturated heterocycles. The molecule has 6 rings (SSSR count). The molecule has 2 N–H and O–H groups in total. The van der Waals surface area contributed by atoms with Crippen LogP contribution in [0.25, 0.3) is 0 Å². The van der Waals surface area contributed by atoms with E-state index >= 15 is 0 Å². The molecule has 0 saturated carbocycles. The van der Waals surface area contributed by atoms with E-state index in [1.54, 1.807) is 0 Å². The number of benzene rings is 4. The summed E-state index contributed by atoms with van der Waals surface area (Å²) in [6, 6.07) is 32.4. The first-order valence-corrected chi connectivity index (χ1v) is 12.8. The highest BCUT2D eigenvalue weighted by molar-refractivity contribution is 6.30. The van der Waals surface area contributed by atoms with Gasteiger partial charge in [0.05, 0.1) is 17.4 Å². The summed E-state index contributed by atoms with van der Waals surface area (Å²) in [5.74, 6) is 0.157. The monoisotopic (exact) mass is 504 g/mol. The van der Waals surface area contributed by atoms with Gasteiger partial charge in [0.2, 0.25) is 0 Å². The van der Waals surface area contributed by atoms with Crippen LogP contribution in [0.3, 0.4) is 0 Å². The number of hydrogen-bond donors (Lipinski definition) is 2. The van der Waals surface area contributed by atoms with Crippen molar-refractivity contribution in [3.05, 3.63) is 142 Å². The predicted octanol–water partition coefficient (Wildman–Crippen LogP) is 7.55. The van der Waals surface area contributed by atoms with Gasteiger partial charge in [0.1, 0.15) is 0 Å². The SMILES string of the molecule is O=C1CC(c2ccccc2)CC2=C1C(c1ccc(Cl)cc1)Nc1ccc(C(=O)c3ccccc3)cc1N2. The Morgan fingerprint density at radius 2 is 1.43 bits per heavy atom. The number of rotatable bonds is 4. The van der Waals surface area contributed by atoms with Gasteiger partial charge < -0.3 is 10.6 Å². The van der Waals surface area contributed by atoms with E-state index in [-0.39, 0.29) is 23.5 Å². The van der Waals surface area contributed by atoms with Crippen molar-refractivity contribution in [2.24, 2.45) is 0 Å². The van der Waals surface area contributed by atoms with Gasteiger partial charge in [-0.3, -0.25) is 9.59 Å². The number of Topliss-reactive ketones (excluding diaryl/α,β-unsaturated/α-hetero) is 1. The quantitative estimate of drug-likeness (QED) is 0.282. The molecule has 1 aliphatic heterocycles. The van der Waals surface area contributed by atoms with Crippen LogP contribution in [-0.4, -0.2) is 11.6 Å². The molecule has 37 heavy (non-hydrogen) atoms. The molecular formula is C32H25ClN2O2. The summed E-state index contributed by atoms with van der Waals surface area (Å²) in [7, 11) is 0. The van der Waals surface area contributed by atoms with Gasteiger partial charge in [-0.1, -0.05) is 84.4 Å². The van der Waals surface area contributed by atoms with Crippen molar-refractivity contribution in [2.45, 2.75) is 24.8 Å². The lowest BCUT2D eigenvalue weighted by atomic mass is 9.78. The summed E-state index contributed by atoms with van der Waals surface area (Å²) in [6.45, 7) is 0. The molecule has 0 aromatic heterocycles. The molecule has 0 fully saturated rings. The summed E-state index contributed by atoms with van der Waals surface area (Å²) >= 11 is 6.17. The Morgan fingerprint density at radius 1 is 0.730 bits per heavy atom. The van der Waals surface area contributed by atoms with E-state index in [9.17, 15) is 9.59 Å². The molecule has 1 heterocycles. The van der Waals surface area contributed by atoms with E-state index in [2.05, 4.69) is 22.8 Å². The van der Waals surface area contributed by atoms with Crippen LogP contribution in [0.5, 0.6) is 0 Å². The van der Waals surface area contributed by atoms with E-state index in [0.717, 1.165) is 33.8 Å². The van der Waals surface area contributed by atoms with Crippen LogP contribution in [0, 0.1) is 0 Å². The predicted molar refractivity (Wildman–Crippen MR) is 148 cm³/mol. The third-order valence-corrected chi connectivity index (χ3v) is 7.43. The maximum atomic E-state index is 13.7. The third-order valence-electron chi connectivity index (χ3n) is 7.17. The average Bonchev–Trinajstić information content (AvgIpc) is 3.10. The number of fused-ring (bicyclic) bond motifs is 1. The lowest BCUT2D eigenvalue weighted by molar-refractivity contribution is -0.116. The highest BCUT2D eigenvalue weighted by Gasteiger charge is 2.36. The summed E-state index contributed by atoms with van der Waals surface area (Å²) < 4.78 is 0. The summed E-state index contributed by atoms with van der Waals surface area (Å²) in [4.78, 5) is 26.9. The van der Waals surface area contributed by atoms with Crippen LogP contribution in [0.15, 0.2) is 114 Å². The third kappa shape index (κ3) is 4.56. The Balaban J connectivity index is 1.44. The molecule has 2 atom stereocenters. The zero-order valence-corrected chi connectivity index (χ0v) is 20.8. The molecule has 0 spiro atoms. The van der Waals surface area contributed by atoms with Crippen LogP contribution in [0.4, 0.5) is 11.4 Å². The van der Waals surface area contributed by atoms with Crippen LogP contribution >= 0.6 is 11.6 Å². The van der Waals surface area contributed by atoms with Gasteiger partial charge in [-0.15, -0.1) is 0 Å². The van der Waals surface area contributed by atoms with Crippen LogP contribution in [-0.2, 0) is 4.79 Å². The summed E-state index contributed by atoms with van der Waals surface area (Å²) in [5.41, 5.74) is 6.59. The van der Waals surface area contributed by atoms with Crippen molar-refractivity contribution >= 4 is 34.5 Å². The van der Waals surface area contributed by atoms with Crippen LogP contribution in [0.1, 0.15) is 51.8 Å². The van der Waals surface area contributed by atoms with Crippen molar-refractivity contribution in [2.75, 3.05) is 10.6 Å². The Morgan fingerprint density at radius 3 is 2.16 bits per heavy atom. The van der Waals surface area contributed by atoms with Gasteiger partial charge in [0.15, 0.2) is 11.6 Å². The molecule has 4 nitrogen and oxygen atoms in total. The van der Waals surface area contributed by atoms with E-state index in [0.29, 0.717) is 29.0 Å². The number of allylic oxidation sites excluding steroid dienone is 1. The standard InChI is InChI=1S/C32H25ClN2O2/c33-25-14-11-21(12-15-25)31-30-28(18-24(19-29(30)36)20-7-3-1-4-8-20)34-27-17-23(13-16-26(27)35-31)32(37)22-9-5-2-6-10-22/h1-17,24,31,34-35H,18-19H2. The minimum absolute atomic E-state index is 0.0419. The summed E-state index contributed by atoms with van der Waals surface area (Å²) in [6.07, 6.45) is 1.15. The van der Waals surface area contributed by atoms with E-state index in [4.69, 9.17) is 11.6 Å². The number of carbonyl (C=O) groups excluding carboxylic acids is 2. The Labute approximate surface area is 221 Å². The smallest absolute Gasteiger partial charge is 0.193 e. The van der Waals surface area contributed by atoms with Crippen LogP contribution < -0.4 is 10.6 Å². The fourth-order valence-corrected chi connectivity index (χ4v) is 5.44. The van der Waals surface area contributed by atoms with Crippen molar-refractivity contribution in [3.63, 3.8) is 0 Å². The van der Waals surface area contributed by atoms with Crippen molar-refractivity contribution in [1.82, 2.24) is 0 Å². The zero-order chi connectivity index (χ0) is 25.4. The van der Waals surface area contributed by atoms with Gasteiger partial charge >= 0.3 is 0 Å². The lowest BCUT2D eigenvalue weighted by Gasteiger charge is -2.30. The number of nitrogens with one attached hydrogen (secondary N) is 2. The minimum Gasteiger partial charge on any atom is -0.372 e. The molecule has 0 radical (unpaired) electrons. The maximum absolute atomic E-state index is 13.7. The Hall–Kier alpha value is -4.15. The van der Waals surface area contributed by atoms with E-state index in [1.165, 1.54) is 0 Å². The second-order valence-electron chi connectivity index (χ2n) is 9.54. The molecule has 182 valence electrons. The van der Waals surface area contributed by atoms with Crippen molar-refractivity contribution < 1.29 is 9.59 Å². The van der Waals surface area contributed by atoms with E-state index < -0.39 is 0 Å². The minimum atomic E-state index is -0.332. The van der Waals surface area contributed by atoms with Gasteiger partial charge in [0, 0.05) is 33.8 Å². The largest absolute Gasteiger partial charge is 0.372 e. The van der Waals surface area contributed by atoms with Gasteiger partial charge in [-0.2, -0.15) is 0 Å². The first kappa shape index (κ1) is 23.3. The van der Waals surface area contributed by atoms with Crippen LogP contribution in [0.2, 0.25) is 5.02 Å². The highest BCUT2D eigenvalue weighted by atomic mass is 35.5. The highest BCUT2D eigenvalue weighted by Crippen LogP contribution is 2.44. The maximum Gasteiger partial charge on any atom is 0.193 e. The normalized spacial score (nSPS) is 18.7. The first-order valence-electron chi connectivity index (χ1n) is 12.4. The molecule has 4 aromatic carbocycles. The molecule has 0 amide bonds. The molecule has 4 aromatic rings. The van der Waals surface area contributed by atoms with Gasteiger partial charge in [-0.05, 0) is 53.8 Å². The number of carbonyl (C=O) groups is 2. The molecule has 2 aliphatic rings. The molecule has 2 unspecified atom stereocenters. The topological polar surface area (TPSA) is 58.2 Å².